The van der Waals surface area contributed by atoms with E-state index < -0.39 is 0 Å². The maximum Gasteiger partial charge on any atom is 0.190 e. The molecule has 0 aliphatic rings. The van der Waals surface area contributed by atoms with Crippen molar-refractivity contribution in [2.45, 2.75) is 47.0 Å². The Morgan fingerprint density at radius 3 is 2.35 bits per heavy atom. The highest BCUT2D eigenvalue weighted by Gasteiger charge is 2.19. The lowest BCUT2D eigenvalue weighted by atomic mass is 9.84. The molecule has 0 aliphatic heterocycles. The molecule has 0 rings (SSSR count). The minimum atomic E-state index is 0. The van der Waals surface area contributed by atoms with Crippen molar-refractivity contribution in [2.75, 3.05) is 32.1 Å². The summed E-state index contributed by atoms with van der Waals surface area (Å²) in [7, 11) is 1.84. The van der Waals surface area contributed by atoms with Crippen LogP contribution in [0.25, 0.3) is 0 Å². The van der Waals surface area contributed by atoms with Gasteiger partial charge in [-0.05, 0) is 42.6 Å². The molecule has 2 N–H and O–H groups in total. The molecule has 0 saturated carbocycles. The molecule has 0 aliphatic carbocycles. The number of hydrogen-bond donors (Lipinski definition) is 2. The smallest absolute Gasteiger partial charge is 0.190 e. The van der Waals surface area contributed by atoms with Crippen molar-refractivity contribution in [3.8, 4) is 0 Å². The van der Waals surface area contributed by atoms with Gasteiger partial charge in [0.15, 0.2) is 5.96 Å². The van der Waals surface area contributed by atoms with Gasteiger partial charge >= 0.3 is 0 Å². The molecular weight excluding hydrogens is 381 g/mol. The number of nitrogens with zero attached hydrogens (tertiary/aromatic N) is 1. The van der Waals surface area contributed by atoms with Gasteiger partial charge in [0.1, 0.15) is 0 Å². The maximum absolute atomic E-state index is 4.28. The third-order valence-corrected chi connectivity index (χ3v) is 3.68. The highest BCUT2D eigenvalue weighted by Crippen LogP contribution is 2.23. The van der Waals surface area contributed by atoms with Gasteiger partial charge in [-0.2, -0.15) is 11.8 Å². The van der Waals surface area contributed by atoms with E-state index >= 15 is 0 Å². The number of thioether (sulfide) groups is 1. The van der Waals surface area contributed by atoms with E-state index in [0.29, 0.717) is 5.41 Å². The molecule has 0 fully saturated rings. The van der Waals surface area contributed by atoms with Crippen molar-refractivity contribution >= 4 is 41.7 Å². The minimum Gasteiger partial charge on any atom is -0.356 e. The van der Waals surface area contributed by atoms with E-state index in [1.165, 1.54) is 25.0 Å². The first-order chi connectivity index (χ1) is 8.91. The molecule has 0 unspecified atom stereocenters. The molecule has 0 heterocycles. The topological polar surface area (TPSA) is 36.4 Å². The Kier molecular flexibility index (Phi) is 14.8. The highest BCUT2D eigenvalue weighted by atomic mass is 127. The zero-order valence-electron chi connectivity index (χ0n) is 14.1. The monoisotopic (exact) mass is 415 g/mol. The van der Waals surface area contributed by atoms with E-state index in [4.69, 9.17) is 0 Å². The SMILES string of the molecule is CN=C(NCCCCSC)NCC(C)(C)CC(C)C.I. The van der Waals surface area contributed by atoms with E-state index in [9.17, 15) is 0 Å². The van der Waals surface area contributed by atoms with Crippen molar-refractivity contribution in [3.63, 3.8) is 0 Å². The zero-order chi connectivity index (χ0) is 14.7. The second-order valence-electron chi connectivity index (χ2n) is 6.31. The molecule has 0 bridgehead atoms. The van der Waals surface area contributed by atoms with Crippen molar-refractivity contribution < 1.29 is 0 Å². The molecule has 0 saturated heterocycles. The maximum atomic E-state index is 4.28. The first-order valence-electron chi connectivity index (χ1n) is 7.34. The second-order valence-corrected chi connectivity index (χ2v) is 7.30. The van der Waals surface area contributed by atoms with Gasteiger partial charge in [-0.1, -0.05) is 27.7 Å². The largest absolute Gasteiger partial charge is 0.356 e. The van der Waals surface area contributed by atoms with E-state index in [-0.39, 0.29) is 24.0 Å². The molecule has 0 radical (unpaired) electrons. The van der Waals surface area contributed by atoms with Gasteiger partial charge in [-0.3, -0.25) is 4.99 Å². The quantitative estimate of drug-likeness (QED) is 0.259. The first-order valence-corrected chi connectivity index (χ1v) is 8.74. The van der Waals surface area contributed by atoms with E-state index in [2.05, 4.69) is 49.6 Å². The van der Waals surface area contributed by atoms with Crippen molar-refractivity contribution in [3.05, 3.63) is 0 Å². The molecule has 0 aromatic carbocycles. The van der Waals surface area contributed by atoms with Gasteiger partial charge in [0.05, 0.1) is 0 Å². The summed E-state index contributed by atoms with van der Waals surface area (Å²) in [6.07, 6.45) is 5.86. The summed E-state index contributed by atoms with van der Waals surface area (Å²) in [6, 6.07) is 0. The molecule has 0 atom stereocenters. The van der Waals surface area contributed by atoms with Crippen LogP contribution in [0.5, 0.6) is 0 Å². The summed E-state index contributed by atoms with van der Waals surface area (Å²) < 4.78 is 0. The normalized spacial score (nSPS) is 12.2. The van der Waals surface area contributed by atoms with Crippen LogP contribution in [0.1, 0.15) is 47.0 Å². The number of unbranched alkanes of at least 4 members (excludes halogenated alkanes) is 1. The molecule has 5 heteroatoms. The van der Waals surface area contributed by atoms with Crippen LogP contribution in [0.2, 0.25) is 0 Å². The zero-order valence-corrected chi connectivity index (χ0v) is 17.2. The Bertz CT molecular complexity index is 256. The standard InChI is InChI=1S/C15H33N3S.HI/c1-13(2)11-15(3,4)12-18-14(16-5)17-9-7-8-10-19-6;/h13H,7-12H2,1-6H3,(H2,16,17,18);1H. The summed E-state index contributed by atoms with van der Waals surface area (Å²) in [5.41, 5.74) is 0.310. The van der Waals surface area contributed by atoms with Gasteiger partial charge in [0.2, 0.25) is 0 Å². The van der Waals surface area contributed by atoms with Crippen LogP contribution < -0.4 is 10.6 Å². The van der Waals surface area contributed by atoms with Crippen LogP contribution in [0.15, 0.2) is 4.99 Å². The minimum absolute atomic E-state index is 0. The average Bonchev–Trinajstić information content (AvgIpc) is 2.31. The van der Waals surface area contributed by atoms with E-state index in [0.717, 1.165) is 25.0 Å². The first kappa shape index (κ1) is 22.6. The summed E-state index contributed by atoms with van der Waals surface area (Å²) >= 11 is 1.91. The molecular formula is C15H34IN3S. The van der Waals surface area contributed by atoms with Gasteiger partial charge in [0, 0.05) is 20.1 Å². The Hall–Kier alpha value is 0.350. The van der Waals surface area contributed by atoms with Crippen LogP contribution in [0, 0.1) is 11.3 Å². The van der Waals surface area contributed by atoms with Gasteiger partial charge in [0.25, 0.3) is 0 Å². The van der Waals surface area contributed by atoms with Crippen molar-refractivity contribution in [1.29, 1.82) is 0 Å². The number of nitrogens with one attached hydrogen (secondary N) is 2. The van der Waals surface area contributed by atoms with Crippen LogP contribution in [-0.2, 0) is 0 Å². The summed E-state index contributed by atoms with van der Waals surface area (Å²) in [5, 5.41) is 6.82. The summed E-state index contributed by atoms with van der Waals surface area (Å²) in [4.78, 5) is 4.28. The van der Waals surface area contributed by atoms with Gasteiger partial charge < -0.3 is 10.6 Å². The summed E-state index contributed by atoms with van der Waals surface area (Å²) in [5.74, 6) is 2.91. The fourth-order valence-corrected chi connectivity index (χ4v) is 2.79. The fraction of sp³-hybridized carbons (Fsp3) is 0.933. The van der Waals surface area contributed by atoms with E-state index in [1.807, 2.05) is 18.8 Å². The third kappa shape index (κ3) is 13.3. The number of guanidine groups is 1. The Morgan fingerprint density at radius 2 is 1.85 bits per heavy atom. The average molecular weight is 415 g/mol. The van der Waals surface area contributed by atoms with Crippen LogP contribution in [-0.4, -0.2) is 38.1 Å². The predicted molar refractivity (Wildman–Crippen MR) is 106 cm³/mol. The predicted octanol–water partition coefficient (Wildman–Crippen LogP) is 3.98. The molecule has 0 spiro atoms. The van der Waals surface area contributed by atoms with Gasteiger partial charge in [-0.15, -0.1) is 24.0 Å². The molecule has 0 amide bonds. The Morgan fingerprint density at radius 1 is 1.20 bits per heavy atom. The lowest BCUT2D eigenvalue weighted by Gasteiger charge is -2.28. The fourth-order valence-electron chi connectivity index (χ4n) is 2.30. The molecule has 0 aromatic heterocycles. The lowest BCUT2D eigenvalue weighted by Crippen LogP contribution is -2.42. The number of hydrogen-bond acceptors (Lipinski definition) is 2. The van der Waals surface area contributed by atoms with Crippen LogP contribution in [0.4, 0.5) is 0 Å². The van der Waals surface area contributed by atoms with Crippen molar-refractivity contribution in [2.24, 2.45) is 16.3 Å². The highest BCUT2D eigenvalue weighted by molar-refractivity contribution is 14.0. The van der Waals surface area contributed by atoms with E-state index in [1.54, 1.807) is 0 Å². The molecule has 20 heavy (non-hydrogen) atoms. The number of rotatable bonds is 9. The van der Waals surface area contributed by atoms with Crippen LogP contribution >= 0.6 is 35.7 Å². The van der Waals surface area contributed by atoms with Crippen LogP contribution in [0.3, 0.4) is 0 Å². The molecule has 0 aromatic rings. The number of aliphatic imine (C=N–C) groups is 1. The number of halogens is 1. The lowest BCUT2D eigenvalue weighted by molar-refractivity contribution is 0.286. The molecule has 3 nitrogen and oxygen atoms in total. The third-order valence-electron chi connectivity index (χ3n) is 2.99. The Balaban J connectivity index is 0. The van der Waals surface area contributed by atoms with Crippen molar-refractivity contribution in [1.82, 2.24) is 10.6 Å². The molecule has 122 valence electrons. The second kappa shape index (κ2) is 13.0. The summed E-state index contributed by atoms with van der Waals surface area (Å²) in [6.45, 7) is 11.2. The van der Waals surface area contributed by atoms with Gasteiger partial charge in [-0.25, -0.2) is 0 Å². The Labute approximate surface area is 147 Å².